The predicted molar refractivity (Wildman–Crippen MR) is 73.8 cm³/mol. The number of rotatable bonds is 3. The second-order valence-electron chi connectivity index (χ2n) is 4.36. The first kappa shape index (κ1) is 12.1. The van der Waals surface area contributed by atoms with E-state index < -0.39 is 5.91 Å². The summed E-state index contributed by atoms with van der Waals surface area (Å²) in [7, 11) is 0. The maximum atomic E-state index is 11.0. The van der Waals surface area contributed by atoms with Gasteiger partial charge in [-0.25, -0.2) is 15.0 Å². The Labute approximate surface area is 114 Å². The topological polar surface area (TPSA) is 113 Å². The van der Waals surface area contributed by atoms with Crippen LogP contribution in [-0.2, 0) is 6.54 Å². The van der Waals surface area contributed by atoms with E-state index in [0.29, 0.717) is 29.1 Å². The van der Waals surface area contributed by atoms with Crippen LogP contribution in [0.4, 0.5) is 5.82 Å². The van der Waals surface area contributed by atoms with Crippen LogP contribution >= 0.6 is 0 Å². The van der Waals surface area contributed by atoms with E-state index in [4.69, 9.17) is 11.5 Å². The molecular formula is C13H12N6O. The van der Waals surface area contributed by atoms with Gasteiger partial charge in [0.15, 0.2) is 11.5 Å². The Balaban J connectivity index is 1.93. The molecule has 0 fully saturated rings. The number of nitrogen functional groups attached to an aromatic ring is 1. The molecule has 1 aromatic carbocycles. The van der Waals surface area contributed by atoms with Gasteiger partial charge in [-0.3, -0.25) is 4.79 Å². The number of imidazole rings is 1. The van der Waals surface area contributed by atoms with Gasteiger partial charge in [-0.1, -0.05) is 12.1 Å². The van der Waals surface area contributed by atoms with E-state index in [1.807, 2.05) is 16.7 Å². The molecule has 1 amide bonds. The standard InChI is InChI=1S/C13H12N6O/c14-11-10-13(17-6-16-11)19(7-18-10)5-8-1-3-9(4-2-8)12(15)20/h1-4,6-7H,5H2,(H2,15,20)(H2,14,16,17). The Morgan fingerprint density at radius 1 is 1.15 bits per heavy atom. The second-order valence-corrected chi connectivity index (χ2v) is 4.36. The molecule has 2 aromatic heterocycles. The van der Waals surface area contributed by atoms with Gasteiger partial charge >= 0.3 is 0 Å². The third kappa shape index (κ3) is 2.05. The first-order valence-electron chi connectivity index (χ1n) is 5.95. The van der Waals surface area contributed by atoms with Crippen molar-refractivity contribution in [2.75, 3.05) is 5.73 Å². The summed E-state index contributed by atoms with van der Waals surface area (Å²) in [6.07, 6.45) is 3.07. The third-order valence-corrected chi connectivity index (χ3v) is 3.02. The average molecular weight is 268 g/mol. The van der Waals surface area contributed by atoms with Crippen molar-refractivity contribution >= 4 is 22.9 Å². The molecule has 100 valence electrons. The molecule has 3 rings (SSSR count). The number of carbonyl (C=O) groups excluding carboxylic acids is 1. The Bertz CT molecular complexity index is 777. The zero-order valence-electron chi connectivity index (χ0n) is 10.5. The number of hydrogen-bond acceptors (Lipinski definition) is 5. The quantitative estimate of drug-likeness (QED) is 0.720. The van der Waals surface area contributed by atoms with Crippen molar-refractivity contribution in [1.29, 1.82) is 0 Å². The molecule has 0 unspecified atom stereocenters. The number of fused-ring (bicyclic) bond motifs is 1. The van der Waals surface area contributed by atoms with Crippen molar-refractivity contribution in [3.63, 3.8) is 0 Å². The number of benzene rings is 1. The van der Waals surface area contributed by atoms with Crippen molar-refractivity contribution in [3.8, 4) is 0 Å². The summed E-state index contributed by atoms with van der Waals surface area (Å²) in [5, 5.41) is 0. The minimum Gasteiger partial charge on any atom is -0.382 e. The summed E-state index contributed by atoms with van der Waals surface area (Å²) >= 11 is 0. The van der Waals surface area contributed by atoms with Gasteiger partial charge in [-0.05, 0) is 17.7 Å². The zero-order valence-corrected chi connectivity index (χ0v) is 10.5. The van der Waals surface area contributed by atoms with Crippen molar-refractivity contribution in [2.24, 2.45) is 5.73 Å². The second kappa shape index (κ2) is 4.61. The molecule has 7 heteroatoms. The van der Waals surface area contributed by atoms with Gasteiger partial charge < -0.3 is 16.0 Å². The van der Waals surface area contributed by atoms with Crippen molar-refractivity contribution in [1.82, 2.24) is 19.5 Å². The highest BCUT2D eigenvalue weighted by Crippen LogP contribution is 2.15. The van der Waals surface area contributed by atoms with Crippen LogP contribution in [0.15, 0.2) is 36.9 Å². The lowest BCUT2D eigenvalue weighted by atomic mass is 10.1. The average Bonchev–Trinajstić information content (AvgIpc) is 2.84. The fraction of sp³-hybridized carbons (Fsp3) is 0.0769. The predicted octanol–water partition coefficient (Wildman–Crippen LogP) is 0.556. The Morgan fingerprint density at radius 3 is 2.60 bits per heavy atom. The van der Waals surface area contributed by atoms with E-state index in [1.165, 1.54) is 6.33 Å². The van der Waals surface area contributed by atoms with Crippen LogP contribution in [0.3, 0.4) is 0 Å². The summed E-state index contributed by atoms with van der Waals surface area (Å²) in [5.74, 6) is -0.0806. The van der Waals surface area contributed by atoms with E-state index in [0.717, 1.165) is 5.56 Å². The summed E-state index contributed by atoms with van der Waals surface area (Å²) in [6.45, 7) is 0.575. The summed E-state index contributed by atoms with van der Waals surface area (Å²) in [5.41, 5.74) is 13.7. The molecule has 20 heavy (non-hydrogen) atoms. The molecule has 4 N–H and O–H groups in total. The highest BCUT2D eigenvalue weighted by atomic mass is 16.1. The third-order valence-electron chi connectivity index (χ3n) is 3.02. The highest BCUT2D eigenvalue weighted by Gasteiger charge is 2.08. The molecule has 0 bridgehead atoms. The first-order chi connectivity index (χ1) is 9.65. The number of nitrogens with zero attached hydrogens (tertiary/aromatic N) is 4. The SMILES string of the molecule is NC(=O)c1ccc(Cn2cnc3c(N)ncnc32)cc1. The number of nitrogens with two attached hydrogens (primary N) is 2. The molecule has 0 aliphatic heterocycles. The fourth-order valence-corrected chi connectivity index (χ4v) is 1.99. The molecule has 3 aromatic rings. The summed E-state index contributed by atoms with van der Waals surface area (Å²) in [6, 6.07) is 7.08. The van der Waals surface area contributed by atoms with Crippen LogP contribution in [0.1, 0.15) is 15.9 Å². The molecule has 7 nitrogen and oxygen atoms in total. The maximum absolute atomic E-state index is 11.0. The van der Waals surface area contributed by atoms with E-state index in [2.05, 4.69) is 15.0 Å². The molecule has 0 saturated heterocycles. The van der Waals surface area contributed by atoms with E-state index in [-0.39, 0.29) is 0 Å². The maximum Gasteiger partial charge on any atom is 0.248 e. The number of amides is 1. The van der Waals surface area contributed by atoms with E-state index in [1.54, 1.807) is 18.5 Å². The van der Waals surface area contributed by atoms with Crippen LogP contribution in [0.5, 0.6) is 0 Å². The zero-order chi connectivity index (χ0) is 14.1. The fourth-order valence-electron chi connectivity index (χ4n) is 1.99. The Hall–Kier alpha value is -2.96. The van der Waals surface area contributed by atoms with Crippen LogP contribution in [0, 0.1) is 0 Å². The smallest absolute Gasteiger partial charge is 0.248 e. The number of carbonyl (C=O) groups is 1. The van der Waals surface area contributed by atoms with Crippen LogP contribution in [0.25, 0.3) is 11.2 Å². The number of anilines is 1. The number of aromatic nitrogens is 4. The largest absolute Gasteiger partial charge is 0.382 e. The summed E-state index contributed by atoms with van der Waals surface area (Å²) in [4.78, 5) is 23.3. The van der Waals surface area contributed by atoms with Gasteiger partial charge in [-0.2, -0.15) is 0 Å². The van der Waals surface area contributed by atoms with Gasteiger partial charge in [-0.15, -0.1) is 0 Å². The minimum atomic E-state index is -0.440. The molecule has 0 spiro atoms. The van der Waals surface area contributed by atoms with Gasteiger partial charge in [0.2, 0.25) is 5.91 Å². The van der Waals surface area contributed by atoms with Crippen LogP contribution in [-0.4, -0.2) is 25.4 Å². The number of hydrogen-bond donors (Lipinski definition) is 2. The lowest BCUT2D eigenvalue weighted by molar-refractivity contribution is 0.100. The molecule has 0 aliphatic rings. The molecule has 0 atom stereocenters. The summed E-state index contributed by atoms with van der Waals surface area (Å²) < 4.78 is 1.87. The normalized spacial score (nSPS) is 10.8. The lowest BCUT2D eigenvalue weighted by Crippen LogP contribution is -2.10. The van der Waals surface area contributed by atoms with Crippen LogP contribution in [0.2, 0.25) is 0 Å². The van der Waals surface area contributed by atoms with Crippen molar-refractivity contribution < 1.29 is 4.79 Å². The molecular weight excluding hydrogens is 256 g/mol. The van der Waals surface area contributed by atoms with Gasteiger partial charge in [0.1, 0.15) is 11.8 Å². The van der Waals surface area contributed by atoms with E-state index >= 15 is 0 Å². The molecule has 0 radical (unpaired) electrons. The van der Waals surface area contributed by atoms with Gasteiger partial charge in [0, 0.05) is 5.56 Å². The Kier molecular flexibility index (Phi) is 2.79. The molecule has 0 saturated carbocycles. The van der Waals surface area contributed by atoms with Crippen molar-refractivity contribution in [3.05, 3.63) is 48.0 Å². The molecule has 2 heterocycles. The first-order valence-corrected chi connectivity index (χ1v) is 5.95. The van der Waals surface area contributed by atoms with Gasteiger partial charge in [0.05, 0.1) is 12.9 Å². The van der Waals surface area contributed by atoms with E-state index in [9.17, 15) is 4.79 Å². The van der Waals surface area contributed by atoms with Crippen LogP contribution < -0.4 is 11.5 Å². The Morgan fingerprint density at radius 2 is 1.90 bits per heavy atom. The highest BCUT2D eigenvalue weighted by molar-refractivity contribution is 5.92. The lowest BCUT2D eigenvalue weighted by Gasteiger charge is -2.04. The molecule has 0 aliphatic carbocycles. The minimum absolute atomic E-state index is 0.359. The van der Waals surface area contributed by atoms with Crippen molar-refractivity contribution in [2.45, 2.75) is 6.54 Å². The number of primary amides is 1. The monoisotopic (exact) mass is 268 g/mol. The van der Waals surface area contributed by atoms with Gasteiger partial charge in [0.25, 0.3) is 0 Å².